The van der Waals surface area contributed by atoms with Crippen LogP contribution in [0.5, 0.6) is 0 Å². The van der Waals surface area contributed by atoms with Gasteiger partial charge in [-0.1, -0.05) is 30.3 Å². The van der Waals surface area contributed by atoms with Gasteiger partial charge in [-0.2, -0.15) is 0 Å². The molecule has 2 fully saturated rings. The third-order valence-electron chi connectivity index (χ3n) is 4.23. The van der Waals surface area contributed by atoms with Gasteiger partial charge in [-0.05, 0) is 43.8 Å². The van der Waals surface area contributed by atoms with Gasteiger partial charge in [-0.15, -0.1) is 0 Å². The number of benzene rings is 1. The maximum absolute atomic E-state index is 3.66. The van der Waals surface area contributed by atoms with Crippen molar-refractivity contribution < 1.29 is 0 Å². The Morgan fingerprint density at radius 3 is 2.82 bits per heavy atom. The Hall–Kier alpha value is -0.860. The molecule has 0 aromatic heterocycles. The van der Waals surface area contributed by atoms with E-state index in [9.17, 15) is 0 Å². The average molecular weight is 230 g/mol. The van der Waals surface area contributed by atoms with Gasteiger partial charge in [0.25, 0.3) is 0 Å². The van der Waals surface area contributed by atoms with Crippen LogP contribution in [0.1, 0.15) is 24.8 Å². The standard InChI is InChI=1S/C15H22N2/c1-2-5-13(6-3-1)11-17-10-8-14(12-17)15-7-4-9-16-15/h1-3,5-6,14-16H,4,7-12H2. The van der Waals surface area contributed by atoms with Crippen molar-refractivity contribution in [3.63, 3.8) is 0 Å². The zero-order chi connectivity index (χ0) is 11.5. The molecule has 0 radical (unpaired) electrons. The van der Waals surface area contributed by atoms with E-state index in [-0.39, 0.29) is 0 Å². The van der Waals surface area contributed by atoms with Crippen LogP contribution in [0.4, 0.5) is 0 Å². The van der Waals surface area contributed by atoms with Crippen LogP contribution in [0.2, 0.25) is 0 Å². The highest BCUT2D eigenvalue weighted by Gasteiger charge is 2.30. The molecular formula is C15H22N2. The van der Waals surface area contributed by atoms with Crippen LogP contribution in [-0.4, -0.2) is 30.6 Å². The molecule has 1 aromatic rings. The lowest BCUT2D eigenvalue weighted by Gasteiger charge is -2.20. The number of hydrogen-bond donors (Lipinski definition) is 1. The van der Waals surface area contributed by atoms with Crippen LogP contribution in [0.15, 0.2) is 30.3 Å². The van der Waals surface area contributed by atoms with E-state index in [1.54, 1.807) is 0 Å². The molecule has 2 aliphatic heterocycles. The Bertz CT molecular complexity index is 343. The minimum absolute atomic E-state index is 0.802. The van der Waals surface area contributed by atoms with E-state index in [0.29, 0.717) is 0 Å². The first-order valence-electron chi connectivity index (χ1n) is 6.91. The zero-order valence-electron chi connectivity index (χ0n) is 10.4. The predicted octanol–water partition coefficient (Wildman–Crippen LogP) is 2.26. The van der Waals surface area contributed by atoms with Gasteiger partial charge in [0.15, 0.2) is 0 Å². The molecule has 2 heterocycles. The van der Waals surface area contributed by atoms with Crippen molar-refractivity contribution in [3.05, 3.63) is 35.9 Å². The van der Waals surface area contributed by atoms with E-state index >= 15 is 0 Å². The van der Waals surface area contributed by atoms with Crippen molar-refractivity contribution in [2.24, 2.45) is 5.92 Å². The molecule has 2 saturated heterocycles. The zero-order valence-corrected chi connectivity index (χ0v) is 10.4. The third-order valence-corrected chi connectivity index (χ3v) is 4.23. The van der Waals surface area contributed by atoms with E-state index in [1.807, 2.05) is 0 Å². The molecule has 1 aromatic carbocycles. The molecule has 1 N–H and O–H groups in total. The number of rotatable bonds is 3. The molecule has 0 amide bonds. The van der Waals surface area contributed by atoms with Gasteiger partial charge in [-0.25, -0.2) is 0 Å². The van der Waals surface area contributed by atoms with Crippen LogP contribution < -0.4 is 5.32 Å². The monoisotopic (exact) mass is 230 g/mol. The SMILES string of the molecule is c1ccc(CN2CCC(C3CCCN3)C2)cc1. The average Bonchev–Trinajstić information content (AvgIpc) is 3.00. The lowest BCUT2D eigenvalue weighted by Crippen LogP contribution is -2.32. The van der Waals surface area contributed by atoms with Crippen molar-refractivity contribution in [2.45, 2.75) is 31.8 Å². The molecule has 92 valence electrons. The van der Waals surface area contributed by atoms with Crippen molar-refractivity contribution >= 4 is 0 Å². The van der Waals surface area contributed by atoms with Crippen LogP contribution in [0.3, 0.4) is 0 Å². The van der Waals surface area contributed by atoms with Crippen molar-refractivity contribution in [1.29, 1.82) is 0 Å². The highest BCUT2D eigenvalue weighted by molar-refractivity contribution is 5.14. The largest absolute Gasteiger partial charge is 0.314 e. The number of hydrogen-bond acceptors (Lipinski definition) is 2. The van der Waals surface area contributed by atoms with E-state index in [2.05, 4.69) is 40.5 Å². The normalized spacial score (nSPS) is 29.9. The molecule has 0 spiro atoms. The molecule has 2 nitrogen and oxygen atoms in total. The second kappa shape index (κ2) is 5.19. The second-order valence-corrected chi connectivity index (χ2v) is 5.47. The van der Waals surface area contributed by atoms with Crippen LogP contribution in [-0.2, 0) is 6.54 Å². The van der Waals surface area contributed by atoms with Crippen LogP contribution >= 0.6 is 0 Å². The first kappa shape index (κ1) is 11.2. The minimum atomic E-state index is 0.802. The number of nitrogens with zero attached hydrogens (tertiary/aromatic N) is 1. The fourth-order valence-electron chi connectivity index (χ4n) is 3.29. The summed E-state index contributed by atoms with van der Waals surface area (Å²) in [5, 5.41) is 3.66. The molecule has 2 atom stereocenters. The quantitative estimate of drug-likeness (QED) is 0.857. The van der Waals surface area contributed by atoms with Gasteiger partial charge in [-0.3, -0.25) is 4.90 Å². The molecule has 2 unspecified atom stereocenters. The summed E-state index contributed by atoms with van der Waals surface area (Å²) in [5.74, 6) is 0.890. The summed E-state index contributed by atoms with van der Waals surface area (Å²) in [6.07, 6.45) is 4.15. The van der Waals surface area contributed by atoms with Gasteiger partial charge in [0.05, 0.1) is 0 Å². The fourth-order valence-corrected chi connectivity index (χ4v) is 3.29. The number of nitrogens with one attached hydrogen (secondary N) is 1. The highest BCUT2D eigenvalue weighted by atomic mass is 15.2. The predicted molar refractivity (Wildman–Crippen MR) is 70.9 cm³/mol. The summed E-state index contributed by atoms with van der Waals surface area (Å²) in [7, 11) is 0. The molecule has 17 heavy (non-hydrogen) atoms. The topological polar surface area (TPSA) is 15.3 Å². The first-order chi connectivity index (χ1) is 8.42. The van der Waals surface area contributed by atoms with Gasteiger partial charge in [0.1, 0.15) is 0 Å². The molecule has 0 bridgehead atoms. The molecule has 0 saturated carbocycles. The Labute approximate surface area is 104 Å². The minimum Gasteiger partial charge on any atom is -0.314 e. The lowest BCUT2D eigenvalue weighted by atomic mass is 9.98. The summed E-state index contributed by atoms with van der Waals surface area (Å²) in [4.78, 5) is 2.61. The van der Waals surface area contributed by atoms with Gasteiger partial charge >= 0.3 is 0 Å². The van der Waals surface area contributed by atoms with Crippen molar-refractivity contribution in [1.82, 2.24) is 10.2 Å². The lowest BCUT2D eigenvalue weighted by molar-refractivity contribution is 0.300. The van der Waals surface area contributed by atoms with E-state index in [0.717, 1.165) is 18.5 Å². The van der Waals surface area contributed by atoms with Crippen LogP contribution in [0.25, 0.3) is 0 Å². The summed E-state index contributed by atoms with van der Waals surface area (Å²) >= 11 is 0. The van der Waals surface area contributed by atoms with Gasteiger partial charge in [0.2, 0.25) is 0 Å². The molecule has 2 aliphatic rings. The van der Waals surface area contributed by atoms with Crippen molar-refractivity contribution in [2.75, 3.05) is 19.6 Å². The summed E-state index contributed by atoms with van der Waals surface area (Å²) < 4.78 is 0. The maximum atomic E-state index is 3.66. The maximum Gasteiger partial charge on any atom is 0.0233 e. The van der Waals surface area contributed by atoms with Gasteiger partial charge < -0.3 is 5.32 Å². The second-order valence-electron chi connectivity index (χ2n) is 5.47. The summed E-state index contributed by atoms with van der Waals surface area (Å²) in [6.45, 7) is 4.92. The Morgan fingerprint density at radius 2 is 2.06 bits per heavy atom. The van der Waals surface area contributed by atoms with Crippen LogP contribution in [0, 0.1) is 5.92 Å². The van der Waals surface area contributed by atoms with E-state index < -0.39 is 0 Å². The molecule has 3 rings (SSSR count). The van der Waals surface area contributed by atoms with E-state index in [4.69, 9.17) is 0 Å². The third kappa shape index (κ3) is 2.70. The van der Waals surface area contributed by atoms with Gasteiger partial charge in [0, 0.05) is 19.1 Å². The Balaban J connectivity index is 1.53. The highest BCUT2D eigenvalue weighted by Crippen LogP contribution is 2.25. The molecular weight excluding hydrogens is 208 g/mol. The summed E-state index contributed by atoms with van der Waals surface area (Å²) in [5.41, 5.74) is 1.45. The fraction of sp³-hybridized carbons (Fsp3) is 0.600. The smallest absolute Gasteiger partial charge is 0.0233 e. The number of likely N-dealkylation sites (tertiary alicyclic amines) is 1. The summed E-state index contributed by atoms with van der Waals surface area (Å²) in [6, 6.07) is 11.7. The molecule has 2 heteroatoms. The Kier molecular flexibility index (Phi) is 3.44. The Morgan fingerprint density at radius 1 is 1.18 bits per heavy atom. The van der Waals surface area contributed by atoms with E-state index in [1.165, 1.54) is 44.5 Å². The molecule has 0 aliphatic carbocycles. The first-order valence-corrected chi connectivity index (χ1v) is 6.91. The van der Waals surface area contributed by atoms with Crippen molar-refractivity contribution in [3.8, 4) is 0 Å².